The Morgan fingerprint density at radius 2 is 2.12 bits per heavy atom. The summed E-state index contributed by atoms with van der Waals surface area (Å²) in [5.41, 5.74) is -0.0506. The van der Waals surface area contributed by atoms with Gasteiger partial charge in [0.2, 0.25) is 5.82 Å². The van der Waals surface area contributed by atoms with Gasteiger partial charge in [-0.2, -0.15) is 0 Å². The van der Waals surface area contributed by atoms with E-state index in [9.17, 15) is 10.1 Å². The zero-order valence-electron chi connectivity index (χ0n) is 10.1. The predicted octanol–water partition coefficient (Wildman–Crippen LogP) is 3.35. The summed E-state index contributed by atoms with van der Waals surface area (Å²) in [6.45, 7) is 6.91. The number of hydrogen-bond donors (Lipinski definition) is 1. The number of pyridine rings is 1. The molecule has 0 aliphatic carbocycles. The summed E-state index contributed by atoms with van der Waals surface area (Å²) in [6, 6.07) is 2.77. The Bertz CT molecular complexity index is 410. The van der Waals surface area contributed by atoms with Gasteiger partial charge < -0.3 is 5.32 Å². The third-order valence-electron chi connectivity index (χ3n) is 2.77. The highest BCUT2D eigenvalue weighted by Crippen LogP contribution is 2.24. The Labute approximate surface area is 105 Å². The summed E-state index contributed by atoms with van der Waals surface area (Å²) in [5, 5.41) is 14.0. The van der Waals surface area contributed by atoms with Gasteiger partial charge in [0, 0.05) is 12.6 Å². The van der Waals surface area contributed by atoms with Crippen LogP contribution in [0.4, 0.5) is 11.5 Å². The van der Waals surface area contributed by atoms with E-state index in [1.165, 1.54) is 12.1 Å². The number of anilines is 1. The molecule has 0 spiro atoms. The van der Waals surface area contributed by atoms with Gasteiger partial charge in [0.1, 0.15) is 5.15 Å². The quantitative estimate of drug-likeness (QED) is 0.499. The van der Waals surface area contributed by atoms with Gasteiger partial charge in [0.15, 0.2) is 0 Å². The average molecular weight is 258 g/mol. The minimum Gasteiger partial charge on any atom is -0.364 e. The molecule has 17 heavy (non-hydrogen) atoms. The van der Waals surface area contributed by atoms with Crippen LogP contribution in [0, 0.1) is 22.0 Å². The van der Waals surface area contributed by atoms with Gasteiger partial charge in [-0.15, -0.1) is 0 Å². The van der Waals surface area contributed by atoms with Crippen LogP contribution in [0.25, 0.3) is 0 Å². The molecule has 1 aromatic heterocycles. The number of nitro groups is 1. The Hall–Kier alpha value is -1.36. The lowest BCUT2D eigenvalue weighted by Gasteiger charge is -2.16. The van der Waals surface area contributed by atoms with Crippen LogP contribution in [0.2, 0.25) is 5.15 Å². The molecule has 0 aliphatic heterocycles. The summed E-state index contributed by atoms with van der Waals surface area (Å²) in [7, 11) is 0. The summed E-state index contributed by atoms with van der Waals surface area (Å²) >= 11 is 5.73. The Morgan fingerprint density at radius 1 is 1.47 bits per heavy atom. The standard InChI is InChI=1S/C11H16ClN3O2/c1-7(2)8(3)6-13-11-9(15(16)17)4-5-10(12)14-11/h4-5,7-8H,6H2,1-3H3,(H,13,14). The van der Waals surface area contributed by atoms with E-state index in [-0.39, 0.29) is 16.7 Å². The van der Waals surface area contributed by atoms with Crippen molar-refractivity contribution in [1.82, 2.24) is 4.98 Å². The average Bonchev–Trinajstić information content (AvgIpc) is 2.25. The first-order chi connectivity index (χ1) is 7.91. The number of hydrogen-bond acceptors (Lipinski definition) is 4. The fourth-order valence-electron chi connectivity index (χ4n) is 1.20. The van der Waals surface area contributed by atoms with Crippen LogP contribution in [0.15, 0.2) is 12.1 Å². The van der Waals surface area contributed by atoms with E-state index in [2.05, 4.69) is 31.1 Å². The van der Waals surface area contributed by atoms with Crippen molar-refractivity contribution < 1.29 is 4.92 Å². The summed E-state index contributed by atoms with van der Waals surface area (Å²) in [5.74, 6) is 1.13. The number of nitrogens with one attached hydrogen (secondary N) is 1. The molecule has 0 aliphatic rings. The van der Waals surface area contributed by atoms with Crippen molar-refractivity contribution in [2.24, 2.45) is 11.8 Å². The normalized spacial score (nSPS) is 12.5. The lowest BCUT2D eigenvalue weighted by Crippen LogP contribution is -2.17. The Kier molecular flexibility index (Phi) is 4.69. The van der Waals surface area contributed by atoms with Crippen LogP contribution in [-0.4, -0.2) is 16.5 Å². The number of aromatic nitrogens is 1. The van der Waals surface area contributed by atoms with Crippen LogP contribution in [-0.2, 0) is 0 Å². The largest absolute Gasteiger partial charge is 0.364 e. The van der Waals surface area contributed by atoms with Crippen molar-refractivity contribution in [3.05, 3.63) is 27.4 Å². The first-order valence-electron chi connectivity index (χ1n) is 5.46. The minimum atomic E-state index is -0.467. The van der Waals surface area contributed by atoms with E-state index < -0.39 is 4.92 Å². The van der Waals surface area contributed by atoms with E-state index in [0.717, 1.165) is 0 Å². The predicted molar refractivity (Wildman–Crippen MR) is 68.4 cm³/mol. The third kappa shape index (κ3) is 3.85. The Morgan fingerprint density at radius 3 is 2.65 bits per heavy atom. The fourth-order valence-corrected chi connectivity index (χ4v) is 1.35. The molecule has 0 radical (unpaired) electrons. The first kappa shape index (κ1) is 13.7. The monoisotopic (exact) mass is 257 g/mol. The highest BCUT2D eigenvalue weighted by Gasteiger charge is 2.16. The molecule has 0 aromatic carbocycles. The number of rotatable bonds is 5. The van der Waals surface area contributed by atoms with Crippen LogP contribution in [0.5, 0.6) is 0 Å². The molecule has 0 fully saturated rings. The number of halogens is 1. The second-order valence-electron chi connectivity index (χ2n) is 4.36. The molecule has 1 heterocycles. The van der Waals surface area contributed by atoms with Gasteiger partial charge in [-0.05, 0) is 17.9 Å². The van der Waals surface area contributed by atoms with E-state index >= 15 is 0 Å². The third-order valence-corrected chi connectivity index (χ3v) is 2.98. The molecule has 0 bridgehead atoms. The molecule has 0 amide bonds. The summed E-state index contributed by atoms with van der Waals surface area (Å²) in [4.78, 5) is 14.3. The second-order valence-corrected chi connectivity index (χ2v) is 4.75. The second kappa shape index (κ2) is 5.82. The summed E-state index contributed by atoms with van der Waals surface area (Å²) in [6.07, 6.45) is 0. The van der Waals surface area contributed by atoms with Crippen molar-refractivity contribution >= 4 is 23.1 Å². The van der Waals surface area contributed by atoms with Crippen molar-refractivity contribution in [3.63, 3.8) is 0 Å². The van der Waals surface area contributed by atoms with Gasteiger partial charge in [-0.25, -0.2) is 4.98 Å². The minimum absolute atomic E-state index is 0.0506. The van der Waals surface area contributed by atoms with Crippen LogP contribution in [0.3, 0.4) is 0 Å². The molecular weight excluding hydrogens is 242 g/mol. The molecule has 1 N–H and O–H groups in total. The molecule has 1 atom stereocenters. The molecule has 1 rings (SSSR count). The van der Waals surface area contributed by atoms with Crippen LogP contribution < -0.4 is 5.32 Å². The number of nitrogens with zero attached hydrogens (tertiary/aromatic N) is 2. The van der Waals surface area contributed by atoms with E-state index in [1.54, 1.807) is 0 Å². The lowest BCUT2D eigenvalue weighted by atomic mass is 9.98. The first-order valence-corrected chi connectivity index (χ1v) is 5.84. The van der Waals surface area contributed by atoms with Gasteiger partial charge >= 0.3 is 5.69 Å². The zero-order valence-corrected chi connectivity index (χ0v) is 10.9. The van der Waals surface area contributed by atoms with Gasteiger partial charge in [-0.1, -0.05) is 32.4 Å². The fraction of sp³-hybridized carbons (Fsp3) is 0.545. The molecule has 5 nitrogen and oxygen atoms in total. The molecular formula is C11H16ClN3O2. The maximum absolute atomic E-state index is 10.8. The molecule has 0 saturated heterocycles. The molecule has 0 saturated carbocycles. The van der Waals surface area contributed by atoms with E-state index in [4.69, 9.17) is 11.6 Å². The molecule has 94 valence electrons. The van der Waals surface area contributed by atoms with Crippen molar-refractivity contribution in [2.45, 2.75) is 20.8 Å². The van der Waals surface area contributed by atoms with Crippen molar-refractivity contribution in [1.29, 1.82) is 0 Å². The lowest BCUT2D eigenvalue weighted by molar-refractivity contribution is -0.384. The van der Waals surface area contributed by atoms with Crippen molar-refractivity contribution in [2.75, 3.05) is 11.9 Å². The Balaban J connectivity index is 2.82. The molecule has 1 aromatic rings. The zero-order chi connectivity index (χ0) is 13.0. The summed E-state index contributed by atoms with van der Waals surface area (Å²) < 4.78 is 0. The van der Waals surface area contributed by atoms with Gasteiger partial charge in [-0.3, -0.25) is 10.1 Å². The molecule has 1 unspecified atom stereocenters. The highest BCUT2D eigenvalue weighted by atomic mass is 35.5. The van der Waals surface area contributed by atoms with Crippen molar-refractivity contribution in [3.8, 4) is 0 Å². The van der Waals surface area contributed by atoms with Gasteiger partial charge in [0.05, 0.1) is 4.92 Å². The maximum atomic E-state index is 10.8. The topological polar surface area (TPSA) is 68.1 Å². The van der Waals surface area contributed by atoms with E-state index in [1.807, 2.05) is 0 Å². The van der Waals surface area contributed by atoms with Crippen LogP contribution >= 0.6 is 11.6 Å². The van der Waals surface area contributed by atoms with E-state index in [0.29, 0.717) is 18.4 Å². The van der Waals surface area contributed by atoms with Crippen LogP contribution in [0.1, 0.15) is 20.8 Å². The smallest absolute Gasteiger partial charge is 0.311 e. The maximum Gasteiger partial charge on any atom is 0.311 e. The molecule has 6 heteroatoms. The SMILES string of the molecule is CC(C)C(C)CNc1nc(Cl)ccc1[N+](=O)[O-]. The highest BCUT2D eigenvalue weighted by molar-refractivity contribution is 6.29. The van der Waals surface area contributed by atoms with Gasteiger partial charge in [0.25, 0.3) is 0 Å².